The Labute approximate surface area is 128 Å². The van der Waals surface area contributed by atoms with Crippen molar-refractivity contribution >= 4 is 0 Å². The van der Waals surface area contributed by atoms with E-state index in [-0.39, 0.29) is 0 Å². The molecule has 1 heterocycles. The molecule has 3 heteroatoms. The molecule has 0 spiro atoms. The van der Waals surface area contributed by atoms with Gasteiger partial charge in [0.2, 0.25) is 0 Å². The van der Waals surface area contributed by atoms with Crippen molar-refractivity contribution in [2.75, 3.05) is 0 Å². The number of benzene rings is 2. The molecule has 0 radical (unpaired) electrons. The molecule has 0 unspecified atom stereocenters. The summed E-state index contributed by atoms with van der Waals surface area (Å²) in [7, 11) is 0. The highest BCUT2D eigenvalue weighted by Gasteiger charge is 2.11. The zero-order valence-corrected chi connectivity index (χ0v) is 12.2. The van der Waals surface area contributed by atoms with Gasteiger partial charge in [-0.3, -0.25) is 4.98 Å². The van der Waals surface area contributed by atoms with Crippen LogP contribution in [0.2, 0.25) is 0 Å². The minimum absolute atomic E-state index is 0.564. The summed E-state index contributed by atoms with van der Waals surface area (Å²) < 4.78 is 26.6. The Bertz CT molecular complexity index is 795. The van der Waals surface area contributed by atoms with Gasteiger partial charge in [0.15, 0.2) is 11.6 Å². The summed E-state index contributed by atoms with van der Waals surface area (Å²) in [5.41, 5.74) is 4.36. The second kappa shape index (κ2) is 6.06. The van der Waals surface area contributed by atoms with Crippen LogP contribution in [0.4, 0.5) is 8.78 Å². The fourth-order valence-electron chi connectivity index (χ4n) is 2.43. The van der Waals surface area contributed by atoms with E-state index >= 15 is 0 Å². The van der Waals surface area contributed by atoms with Crippen LogP contribution in [-0.2, 0) is 6.42 Å². The van der Waals surface area contributed by atoms with Gasteiger partial charge in [-0.2, -0.15) is 0 Å². The normalized spacial score (nSPS) is 10.7. The summed E-state index contributed by atoms with van der Waals surface area (Å²) in [5.74, 6) is -1.72. The van der Waals surface area contributed by atoms with Crippen molar-refractivity contribution in [2.45, 2.75) is 13.3 Å². The summed E-state index contributed by atoms with van der Waals surface area (Å²) in [5, 5.41) is 0. The van der Waals surface area contributed by atoms with Crippen LogP contribution in [0.1, 0.15) is 12.5 Å². The van der Waals surface area contributed by atoms with Crippen LogP contribution in [0.15, 0.2) is 60.8 Å². The van der Waals surface area contributed by atoms with Crippen molar-refractivity contribution in [3.05, 3.63) is 78.0 Å². The molecule has 110 valence electrons. The van der Waals surface area contributed by atoms with E-state index in [4.69, 9.17) is 0 Å². The van der Waals surface area contributed by atoms with E-state index in [1.54, 1.807) is 12.3 Å². The number of hydrogen-bond donors (Lipinski definition) is 0. The minimum Gasteiger partial charge on any atom is -0.256 e. The van der Waals surface area contributed by atoms with Crippen molar-refractivity contribution in [1.29, 1.82) is 0 Å². The highest BCUT2D eigenvalue weighted by molar-refractivity contribution is 5.80. The maximum absolute atomic E-state index is 13.5. The number of halogens is 2. The van der Waals surface area contributed by atoms with Crippen LogP contribution < -0.4 is 0 Å². The number of aromatic nitrogens is 1. The Balaban J connectivity index is 2.11. The second-order valence-corrected chi connectivity index (χ2v) is 5.08. The Morgan fingerprint density at radius 3 is 2.27 bits per heavy atom. The third-order valence-corrected chi connectivity index (χ3v) is 3.67. The topological polar surface area (TPSA) is 12.9 Å². The standard InChI is InChI=1S/C19H15F2N/c1-2-13-5-7-14(8-6-13)16-4-3-11-22-19(16)15-9-10-17(20)18(21)12-15/h3-12H,2H2,1H3. The molecule has 0 fully saturated rings. The van der Waals surface area contributed by atoms with Gasteiger partial charge in [0.05, 0.1) is 5.69 Å². The highest BCUT2D eigenvalue weighted by Crippen LogP contribution is 2.31. The van der Waals surface area contributed by atoms with E-state index in [9.17, 15) is 8.78 Å². The van der Waals surface area contributed by atoms with Crippen LogP contribution in [0.5, 0.6) is 0 Å². The smallest absolute Gasteiger partial charge is 0.159 e. The first-order chi connectivity index (χ1) is 10.7. The van der Waals surface area contributed by atoms with E-state index in [0.29, 0.717) is 11.3 Å². The van der Waals surface area contributed by atoms with Crippen molar-refractivity contribution in [2.24, 2.45) is 0 Å². The molecular formula is C19H15F2N. The van der Waals surface area contributed by atoms with E-state index < -0.39 is 11.6 Å². The molecule has 22 heavy (non-hydrogen) atoms. The Kier molecular flexibility index (Phi) is 3.96. The highest BCUT2D eigenvalue weighted by atomic mass is 19.2. The van der Waals surface area contributed by atoms with Gasteiger partial charge in [0, 0.05) is 17.3 Å². The maximum atomic E-state index is 13.5. The van der Waals surface area contributed by atoms with Crippen molar-refractivity contribution in [1.82, 2.24) is 4.98 Å². The predicted molar refractivity (Wildman–Crippen MR) is 84.4 cm³/mol. The summed E-state index contributed by atoms with van der Waals surface area (Å²) in [4.78, 5) is 4.35. The van der Waals surface area contributed by atoms with Gasteiger partial charge in [0.25, 0.3) is 0 Å². The Morgan fingerprint density at radius 1 is 0.864 bits per heavy atom. The van der Waals surface area contributed by atoms with Gasteiger partial charge >= 0.3 is 0 Å². The van der Waals surface area contributed by atoms with Gasteiger partial charge in [-0.15, -0.1) is 0 Å². The third kappa shape index (κ3) is 2.75. The molecule has 0 aliphatic carbocycles. The Morgan fingerprint density at radius 2 is 1.59 bits per heavy atom. The van der Waals surface area contributed by atoms with Gasteiger partial charge in [-0.05, 0) is 41.8 Å². The first kappa shape index (κ1) is 14.4. The lowest BCUT2D eigenvalue weighted by molar-refractivity contribution is 0.509. The van der Waals surface area contributed by atoms with Gasteiger partial charge in [-0.1, -0.05) is 37.3 Å². The first-order valence-corrected chi connectivity index (χ1v) is 7.19. The largest absolute Gasteiger partial charge is 0.256 e. The molecule has 2 aromatic carbocycles. The molecule has 0 bridgehead atoms. The van der Waals surface area contributed by atoms with Crippen molar-refractivity contribution < 1.29 is 8.78 Å². The molecule has 0 atom stereocenters. The van der Waals surface area contributed by atoms with Gasteiger partial charge < -0.3 is 0 Å². The average Bonchev–Trinajstić information content (AvgIpc) is 2.57. The lowest BCUT2D eigenvalue weighted by Crippen LogP contribution is -1.91. The maximum Gasteiger partial charge on any atom is 0.159 e. The molecule has 0 saturated heterocycles. The molecule has 0 N–H and O–H groups in total. The molecule has 0 saturated carbocycles. The third-order valence-electron chi connectivity index (χ3n) is 3.67. The van der Waals surface area contributed by atoms with Crippen LogP contribution in [0.3, 0.4) is 0 Å². The molecule has 3 rings (SSSR count). The predicted octanol–water partition coefficient (Wildman–Crippen LogP) is 5.26. The summed E-state index contributed by atoms with van der Waals surface area (Å²) >= 11 is 0. The number of hydrogen-bond acceptors (Lipinski definition) is 1. The van der Waals surface area contributed by atoms with Crippen molar-refractivity contribution in [3.63, 3.8) is 0 Å². The van der Waals surface area contributed by atoms with Gasteiger partial charge in [0.1, 0.15) is 0 Å². The van der Waals surface area contributed by atoms with Crippen LogP contribution in [0.25, 0.3) is 22.4 Å². The van der Waals surface area contributed by atoms with E-state index in [0.717, 1.165) is 23.6 Å². The minimum atomic E-state index is -0.865. The second-order valence-electron chi connectivity index (χ2n) is 5.08. The Hall–Kier alpha value is -2.55. The first-order valence-electron chi connectivity index (χ1n) is 7.19. The van der Waals surface area contributed by atoms with E-state index in [1.165, 1.54) is 11.6 Å². The molecule has 0 aliphatic rings. The zero-order chi connectivity index (χ0) is 15.5. The van der Waals surface area contributed by atoms with Crippen molar-refractivity contribution in [3.8, 4) is 22.4 Å². The monoisotopic (exact) mass is 295 g/mol. The van der Waals surface area contributed by atoms with E-state index in [2.05, 4.69) is 24.0 Å². The number of aryl methyl sites for hydroxylation is 1. The molecule has 0 aliphatic heterocycles. The fourth-order valence-corrected chi connectivity index (χ4v) is 2.43. The SMILES string of the molecule is CCc1ccc(-c2cccnc2-c2ccc(F)c(F)c2)cc1. The van der Waals surface area contributed by atoms with E-state index in [1.807, 2.05) is 24.3 Å². The summed E-state index contributed by atoms with van der Waals surface area (Å²) in [6, 6.07) is 15.8. The lowest BCUT2D eigenvalue weighted by atomic mass is 9.98. The van der Waals surface area contributed by atoms with Crippen LogP contribution >= 0.6 is 0 Å². The number of rotatable bonds is 3. The molecular weight excluding hydrogens is 280 g/mol. The average molecular weight is 295 g/mol. The fraction of sp³-hybridized carbons (Fsp3) is 0.105. The molecule has 1 aromatic heterocycles. The number of pyridine rings is 1. The van der Waals surface area contributed by atoms with Crippen LogP contribution in [-0.4, -0.2) is 4.98 Å². The summed E-state index contributed by atoms with van der Waals surface area (Å²) in [6.07, 6.45) is 2.63. The van der Waals surface area contributed by atoms with Gasteiger partial charge in [-0.25, -0.2) is 8.78 Å². The molecule has 1 nitrogen and oxygen atoms in total. The lowest BCUT2D eigenvalue weighted by Gasteiger charge is -2.10. The molecule has 3 aromatic rings. The van der Waals surface area contributed by atoms with Crippen LogP contribution in [0, 0.1) is 11.6 Å². The zero-order valence-electron chi connectivity index (χ0n) is 12.2. The summed E-state index contributed by atoms with van der Waals surface area (Å²) in [6.45, 7) is 2.10. The molecule has 0 amide bonds. The number of nitrogens with zero attached hydrogens (tertiary/aromatic N) is 1. The quantitative estimate of drug-likeness (QED) is 0.642.